The summed E-state index contributed by atoms with van der Waals surface area (Å²) >= 11 is 9.22. The smallest absolute Gasteiger partial charge is 0.253 e. The number of carbonyl (C=O) groups excluding carboxylic acids is 2. The van der Waals surface area contributed by atoms with Crippen molar-refractivity contribution >= 4 is 39.3 Å². The molecule has 0 saturated heterocycles. The molecule has 0 aliphatic carbocycles. The van der Waals surface area contributed by atoms with E-state index in [1.165, 1.54) is 0 Å². The van der Waals surface area contributed by atoms with Gasteiger partial charge in [-0.05, 0) is 32.0 Å². The highest BCUT2D eigenvalue weighted by Crippen LogP contribution is 2.22. The maximum absolute atomic E-state index is 12.0. The Hall–Kier alpha value is -1.07. The number of nitrogens with one attached hydrogen (secondary N) is 1. The third-order valence-electron chi connectivity index (χ3n) is 2.24. The summed E-state index contributed by atoms with van der Waals surface area (Å²) in [6.45, 7) is 3.45. The molecule has 1 aromatic rings. The molecule has 98 valence electrons. The van der Waals surface area contributed by atoms with Gasteiger partial charge < -0.3 is 11.1 Å². The number of rotatable bonds is 4. The van der Waals surface area contributed by atoms with Gasteiger partial charge in [-0.25, -0.2) is 0 Å². The van der Waals surface area contributed by atoms with E-state index in [4.69, 9.17) is 17.3 Å². The molecular formula is C12H14BrClN2O2. The molecule has 3 N–H and O–H groups in total. The van der Waals surface area contributed by atoms with Crippen LogP contribution in [-0.4, -0.2) is 17.4 Å². The van der Waals surface area contributed by atoms with Crippen LogP contribution in [0.25, 0.3) is 0 Å². The molecule has 0 atom stereocenters. The standard InChI is InChI=1S/C12H14BrClN2O2/c1-12(2,6-10(15)17)16-11(18)8-5-7(13)3-4-9(8)14/h3-5H,6H2,1-2H3,(H2,15,17)(H,16,18). The van der Waals surface area contributed by atoms with Gasteiger partial charge in [0.2, 0.25) is 5.91 Å². The number of halogens is 2. The second kappa shape index (κ2) is 5.71. The van der Waals surface area contributed by atoms with Crippen LogP contribution in [0, 0.1) is 0 Å². The van der Waals surface area contributed by atoms with Gasteiger partial charge in [0, 0.05) is 16.4 Å². The van der Waals surface area contributed by atoms with Crippen LogP contribution < -0.4 is 11.1 Å². The quantitative estimate of drug-likeness (QED) is 0.888. The Kier molecular flexibility index (Phi) is 4.76. The molecule has 0 radical (unpaired) electrons. The first-order valence-corrected chi connectivity index (χ1v) is 6.44. The van der Waals surface area contributed by atoms with E-state index in [2.05, 4.69) is 21.2 Å². The Balaban J connectivity index is 2.88. The molecule has 6 heteroatoms. The first-order chi connectivity index (χ1) is 8.21. The van der Waals surface area contributed by atoms with Gasteiger partial charge in [0.25, 0.3) is 5.91 Å². The lowest BCUT2D eigenvalue weighted by atomic mass is 9.99. The van der Waals surface area contributed by atoms with Crippen LogP contribution >= 0.6 is 27.5 Å². The molecule has 0 heterocycles. The molecule has 0 saturated carbocycles. The molecule has 1 aromatic carbocycles. The number of amides is 2. The first-order valence-electron chi connectivity index (χ1n) is 5.27. The van der Waals surface area contributed by atoms with Crippen LogP contribution in [-0.2, 0) is 4.79 Å². The number of nitrogens with two attached hydrogens (primary N) is 1. The topological polar surface area (TPSA) is 72.2 Å². The normalized spacial score (nSPS) is 11.1. The van der Waals surface area contributed by atoms with Crippen molar-refractivity contribution in [3.8, 4) is 0 Å². The second-order valence-corrected chi connectivity index (χ2v) is 5.93. The monoisotopic (exact) mass is 332 g/mol. The van der Waals surface area contributed by atoms with E-state index in [9.17, 15) is 9.59 Å². The van der Waals surface area contributed by atoms with E-state index >= 15 is 0 Å². The van der Waals surface area contributed by atoms with Crippen molar-refractivity contribution in [2.24, 2.45) is 5.73 Å². The average molecular weight is 334 g/mol. The number of benzene rings is 1. The second-order valence-electron chi connectivity index (χ2n) is 4.61. The molecule has 0 unspecified atom stereocenters. The van der Waals surface area contributed by atoms with Gasteiger partial charge in [0.05, 0.1) is 10.6 Å². The minimum atomic E-state index is -0.714. The summed E-state index contributed by atoms with van der Waals surface area (Å²) in [7, 11) is 0. The van der Waals surface area contributed by atoms with Crippen molar-refractivity contribution in [1.82, 2.24) is 5.32 Å². The zero-order chi connectivity index (χ0) is 13.9. The van der Waals surface area contributed by atoms with Gasteiger partial charge in [-0.1, -0.05) is 27.5 Å². The van der Waals surface area contributed by atoms with Gasteiger partial charge in [-0.2, -0.15) is 0 Å². The number of hydrogen-bond acceptors (Lipinski definition) is 2. The maximum atomic E-state index is 12.0. The minimum absolute atomic E-state index is 0.0599. The van der Waals surface area contributed by atoms with Crippen LogP contribution in [0.2, 0.25) is 5.02 Å². The Morgan fingerprint density at radius 3 is 2.61 bits per heavy atom. The molecule has 0 aliphatic heterocycles. The Labute approximate surface area is 119 Å². The van der Waals surface area contributed by atoms with Crippen molar-refractivity contribution in [3.63, 3.8) is 0 Å². The van der Waals surface area contributed by atoms with Crippen molar-refractivity contribution in [2.75, 3.05) is 0 Å². The predicted octanol–water partition coefficient (Wildman–Crippen LogP) is 2.49. The highest BCUT2D eigenvalue weighted by atomic mass is 79.9. The van der Waals surface area contributed by atoms with E-state index in [0.29, 0.717) is 10.6 Å². The van der Waals surface area contributed by atoms with E-state index in [0.717, 1.165) is 4.47 Å². The van der Waals surface area contributed by atoms with Gasteiger partial charge in [0.1, 0.15) is 0 Å². The zero-order valence-corrected chi connectivity index (χ0v) is 12.4. The molecule has 0 aliphatic rings. The van der Waals surface area contributed by atoms with Crippen LogP contribution in [0.5, 0.6) is 0 Å². The predicted molar refractivity (Wildman–Crippen MR) is 74.5 cm³/mol. The molecule has 0 bridgehead atoms. The van der Waals surface area contributed by atoms with E-state index in [1.54, 1.807) is 32.0 Å². The van der Waals surface area contributed by atoms with Crippen LogP contribution in [0.15, 0.2) is 22.7 Å². The van der Waals surface area contributed by atoms with E-state index in [-0.39, 0.29) is 12.3 Å². The molecule has 4 nitrogen and oxygen atoms in total. The van der Waals surface area contributed by atoms with E-state index < -0.39 is 11.4 Å². The zero-order valence-electron chi connectivity index (χ0n) is 10.1. The third-order valence-corrected chi connectivity index (χ3v) is 3.06. The van der Waals surface area contributed by atoms with Crippen LogP contribution in [0.1, 0.15) is 30.6 Å². The molecule has 0 fully saturated rings. The highest BCUT2D eigenvalue weighted by molar-refractivity contribution is 9.10. The number of primary amides is 1. The molecular weight excluding hydrogens is 320 g/mol. The summed E-state index contributed by atoms with van der Waals surface area (Å²) in [5, 5.41) is 3.08. The molecule has 18 heavy (non-hydrogen) atoms. The highest BCUT2D eigenvalue weighted by Gasteiger charge is 2.24. The van der Waals surface area contributed by atoms with Gasteiger partial charge in [-0.15, -0.1) is 0 Å². The van der Waals surface area contributed by atoms with Crippen LogP contribution in [0.3, 0.4) is 0 Å². The van der Waals surface area contributed by atoms with Crippen molar-refractivity contribution in [1.29, 1.82) is 0 Å². The molecule has 0 spiro atoms. The summed E-state index contributed by atoms with van der Waals surface area (Å²) in [5.74, 6) is -0.812. The summed E-state index contributed by atoms with van der Waals surface area (Å²) in [5.41, 5.74) is 4.76. The SMILES string of the molecule is CC(C)(CC(N)=O)NC(=O)c1cc(Br)ccc1Cl. The lowest BCUT2D eigenvalue weighted by molar-refractivity contribution is -0.119. The average Bonchev–Trinajstić information content (AvgIpc) is 2.18. The number of hydrogen-bond donors (Lipinski definition) is 2. The summed E-state index contributed by atoms with van der Waals surface area (Å²) in [6.07, 6.45) is 0.0599. The van der Waals surface area contributed by atoms with Gasteiger partial charge >= 0.3 is 0 Å². The third kappa shape index (κ3) is 4.31. The molecule has 1 rings (SSSR count). The summed E-state index contributed by atoms with van der Waals surface area (Å²) < 4.78 is 0.754. The van der Waals surface area contributed by atoms with Crippen molar-refractivity contribution < 1.29 is 9.59 Å². The fraction of sp³-hybridized carbons (Fsp3) is 0.333. The summed E-state index contributed by atoms with van der Waals surface area (Å²) in [6, 6.07) is 4.99. The fourth-order valence-electron chi connectivity index (χ4n) is 1.53. The van der Waals surface area contributed by atoms with E-state index in [1.807, 2.05) is 0 Å². The largest absolute Gasteiger partial charge is 0.370 e. The van der Waals surface area contributed by atoms with Crippen LogP contribution in [0.4, 0.5) is 0 Å². The Bertz CT molecular complexity index is 489. The lowest BCUT2D eigenvalue weighted by Gasteiger charge is -2.25. The number of carbonyl (C=O) groups is 2. The van der Waals surface area contributed by atoms with Crippen molar-refractivity contribution in [3.05, 3.63) is 33.3 Å². The molecule has 0 aromatic heterocycles. The Morgan fingerprint density at radius 2 is 2.06 bits per heavy atom. The maximum Gasteiger partial charge on any atom is 0.253 e. The van der Waals surface area contributed by atoms with Crippen molar-refractivity contribution in [2.45, 2.75) is 25.8 Å². The minimum Gasteiger partial charge on any atom is -0.370 e. The fourth-order valence-corrected chi connectivity index (χ4v) is 2.09. The van der Waals surface area contributed by atoms with Gasteiger partial charge in [0.15, 0.2) is 0 Å². The summed E-state index contributed by atoms with van der Waals surface area (Å²) in [4.78, 5) is 22.9. The lowest BCUT2D eigenvalue weighted by Crippen LogP contribution is -2.46. The first kappa shape index (κ1) is 15.0. The Morgan fingerprint density at radius 1 is 1.44 bits per heavy atom. The van der Waals surface area contributed by atoms with Gasteiger partial charge in [-0.3, -0.25) is 9.59 Å². The molecule has 2 amide bonds.